The number of aliphatic hydroxyl groups is 1. The van der Waals surface area contributed by atoms with E-state index in [1.807, 2.05) is 24.3 Å². The third kappa shape index (κ3) is 3.40. The molecule has 2 atom stereocenters. The highest BCUT2D eigenvalue weighted by atomic mass is 32.1. The number of aliphatic hydroxyl groups excluding tert-OH is 1. The van der Waals surface area contributed by atoms with Crippen LogP contribution < -0.4 is 0 Å². The van der Waals surface area contributed by atoms with Gasteiger partial charge in [-0.1, -0.05) is 41.6 Å². The fourth-order valence-electron chi connectivity index (χ4n) is 3.17. The van der Waals surface area contributed by atoms with E-state index < -0.39 is 0 Å². The van der Waals surface area contributed by atoms with Gasteiger partial charge < -0.3 is 9.63 Å². The van der Waals surface area contributed by atoms with Crippen LogP contribution in [0.25, 0.3) is 0 Å². The largest absolute Gasteiger partial charge is 0.392 e. The van der Waals surface area contributed by atoms with Gasteiger partial charge in [-0.3, -0.25) is 4.90 Å². The van der Waals surface area contributed by atoms with Crippen LogP contribution in [0.4, 0.5) is 0 Å². The molecule has 124 valence electrons. The number of thiophene rings is 1. The molecule has 0 spiro atoms. The first-order chi connectivity index (χ1) is 11.8. The Balaban J connectivity index is 1.49. The minimum atomic E-state index is -0.348. The monoisotopic (exact) mass is 341 g/mol. The van der Waals surface area contributed by atoms with Gasteiger partial charge in [-0.25, -0.2) is 0 Å². The second-order valence-electron chi connectivity index (χ2n) is 6.13. The molecule has 1 fully saturated rings. The fraction of sp³-hybridized carbons (Fsp3) is 0.333. The van der Waals surface area contributed by atoms with Crippen LogP contribution in [0.15, 0.2) is 52.4 Å². The zero-order valence-corrected chi connectivity index (χ0v) is 14.0. The van der Waals surface area contributed by atoms with Gasteiger partial charge in [0.15, 0.2) is 5.82 Å². The summed E-state index contributed by atoms with van der Waals surface area (Å²) in [6.45, 7) is 1.44. The minimum absolute atomic E-state index is 0.0147. The van der Waals surface area contributed by atoms with Crippen molar-refractivity contribution in [1.82, 2.24) is 15.0 Å². The fourth-order valence-corrected chi connectivity index (χ4v) is 3.90. The van der Waals surface area contributed by atoms with Crippen molar-refractivity contribution in [1.29, 1.82) is 0 Å². The van der Waals surface area contributed by atoms with E-state index >= 15 is 0 Å². The van der Waals surface area contributed by atoms with E-state index in [2.05, 4.69) is 38.6 Å². The predicted molar refractivity (Wildman–Crippen MR) is 91.6 cm³/mol. The van der Waals surface area contributed by atoms with E-state index in [4.69, 9.17) is 4.52 Å². The zero-order valence-electron chi connectivity index (χ0n) is 13.2. The maximum absolute atomic E-state index is 10.1. The summed E-state index contributed by atoms with van der Waals surface area (Å²) in [7, 11) is 0. The molecule has 0 bridgehead atoms. The second kappa shape index (κ2) is 6.84. The van der Waals surface area contributed by atoms with Gasteiger partial charge in [-0.15, -0.1) is 11.3 Å². The summed E-state index contributed by atoms with van der Waals surface area (Å²) >= 11 is 1.73. The highest BCUT2D eigenvalue weighted by Crippen LogP contribution is 2.33. The van der Waals surface area contributed by atoms with Gasteiger partial charge in [0.2, 0.25) is 5.89 Å². The highest BCUT2D eigenvalue weighted by Gasteiger charge is 2.35. The van der Waals surface area contributed by atoms with Gasteiger partial charge in [-0.2, -0.15) is 4.98 Å². The van der Waals surface area contributed by atoms with Crippen LogP contribution >= 0.6 is 11.3 Å². The Morgan fingerprint density at radius 1 is 1.21 bits per heavy atom. The van der Waals surface area contributed by atoms with E-state index in [0.717, 1.165) is 12.1 Å². The lowest BCUT2D eigenvalue weighted by atomic mass is 10.1. The van der Waals surface area contributed by atoms with Crippen molar-refractivity contribution < 1.29 is 9.63 Å². The molecule has 2 aromatic heterocycles. The number of rotatable bonds is 5. The maximum atomic E-state index is 10.1. The second-order valence-corrected chi connectivity index (χ2v) is 7.16. The summed E-state index contributed by atoms with van der Waals surface area (Å²) in [5.41, 5.74) is 1.16. The van der Waals surface area contributed by atoms with Gasteiger partial charge in [-0.05, 0) is 23.4 Å². The summed E-state index contributed by atoms with van der Waals surface area (Å²) in [6, 6.07) is 14.3. The summed E-state index contributed by atoms with van der Waals surface area (Å²) in [5.74, 6) is 1.29. The van der Waals surface area contributed by atoms with Crippen LogP contribution in [0.2, 0.25) is 0 Å². The molecule has 3 aromatic rings. The number of hydrogen-bond acceptors (Lipinski definition) is 6. The van der Waals surface area contributed by atoms with E-state index in [1.54, 1.807) is 11.3 Å². The standard InChI is InChI=1S/C18H19N3O2S/c22-14-10-16(21(11-14)12-15-7-4-8-24-15)18-19-17(20-23-18)9-13-5-2-1-3-6-13/h1-8,14,16,22H,9-12H2. The molecule has 3 heterocycles. The van der Waals surface area contributed by atoms with Crippen LogP contribution in [0.3, 0.4) is 0 Å². The van der Waals surface area contributed by atoms with Crippen molar-refractivity contribution in [3.63, 3.8) is 0 Å². The average Bonchev–Trinajstić information content (AvgIpc) is 3.31. The average molecular weight is 341 g/mol. The number of likely N-dealkylation sites (tertiary alicyclic amines) is 1. The molecular weight excluding hydrogens is 322 g/mol. The lowest BCUT2D eigenvalue weighted by molar-refractivity contribution is 0.170. The minimum Gasteiger partial charge on any atom is -0.392 e. The summed E-state index contributed by atoms with van der Waals surface area (Å²) in [6.07, 6.45) is 0.947. The van der Waals surface area contributed by atoms with E-state index in [0.29, 0.717) is 31.1 Å². The molecule has 0 amide bonds. The molecule has 0 radical (unpaired) electrons. The molecule has 1 aromatic carbocycles. The van der Waals surface area contributed by atoms with Gasteiger partial charge in [0.1, 0.15) is 0 Å². The SMILES string of the molecule is OC1CC(c2nc(Cc3ccccc3)no2)N(Cc2cccs2)C1. The molecule has 1 N–H and O–H groups in total. The molecule has 24 heavy (non-hydrogen) atoms. The molecule has 5 nitrogen and oxygen atoms in total. The van der Waals surface area contributed by atoms with Gasteiger partial charge in [0.05, 0.1) is 12.1 Å². The third-order valence-electron chi connectivity index (χ3n) is 4.29. The third-order valence-corrected chi connectivity index (χ3v) is 5.16. The van der Waals surface area contributed by atoms with Crippen molar-refractivity contribution in [3.8, 4) is 0 Å². The van der Waals surface area contributed by atoms with E-state index in [-0.39, 0.29) is 12.1 Å². The number of benzene rings is 1. The zero-order chi connectivity index (χ0) is 16.4. The van der Waals surface area contributed by atoms with Crippen LogP contribution in [0.5, 0.6) is 0 Å². The normalized spacial score (nSPS) is 21.4. The number of hydrogen-bond donors (Lipinski definition) is 1. The molecule has 0 aliphatic carbocycles. The number of aromatic nitrogens is 2. The quantitative estimate of drug-likeness (QED) is 0.773. The summed E-state index contributed by atoms with van der Waals surface area (Å²) in [5, 5.41) is 16.3. The Hall–Kier alpha value is -2.02. The van der Waals surface area contributed by atoms with Crippen LogP contribution in [0.1, 0.15) is 34.6 Å². The Morgan fingerprint density at radius 2 is 2.08 bits per heavy atom. The van der Waals surface area contributed by atoms with Crippen molar-refractivity contribution in [2.45, 2.75) is 31.5 Å². The van der Waals surface area contributed by atoms with E-state index in [1.165, 1.54) is 4.88 Å². The molecule has 0 saturated carbocycles. The van der Waals surface area contributed by atoms with Crippen LogP contribution in [0, 0.1) is 0 Å². The van der Waals surface area contributed by atoms with E-state index in [9.17, 15) is 5.11 Å². The molecule has 1 aliphatic rings. The van der Waals surface area contributed by atoms with Crippen molar-refractivity contribution in [2.75, 3.05) is 6.54 Å². The van der Waals surface area contributed by atoms with Crippen LogP contribution in [-0.2, 0) is 13.0 Å². The first kappa shape index (κ1) is 15.5. The lowest BCUT2D eigenvalue weighted by Gasteiger charge is -2.20. The maximum Gasteiger partial charge on any atom is 0.244 e. The molecule has 4 rings (SSSR count). The Bertz CT molecular complexity index is 773. The smallest absolute Gasteiger partial charge is 0.244 e. The molecule has 1 aliphatic heterocycles. The molecule has 6 heteroatoms. The Labute approximate surface area is 144 Å². The van der Waals surface area contributed by atoms with Crippen molar-refractivity contribution in [2.24, 2.45) is 0 Å². The topological polar surface area (TPSA) is 62.4 Å². The van der Waals surface area contributed by atoms with Crippen molar-refractivity contribution >= 4 is 11.3 Å². The number of β-amino-alcohol motifs (C(OH)–C–C–N with tert-alkyl or cyclic N) is 1. The Morgan fingerprint density at radius 3 is 2.88 bits per heavy atom. The van der Waals surface area contributed by atoms with Gasteiger partial charge in [0, 0.05) is 24.4 Å². The van der Waals surface area contributed by atoms with Gasteiger partial charge >= 0.3 is 0 Å². The molecular formula is C18H19N3O2S. The highest BCUT2D eigenvalue weighted by molar-refractivity contribution is 7.09. The first-order valence-electron chi connectivity index (χ1n) is 8.09. The van der Waals surface area contributed by atoms with Crippen LogP contribution in [-0.4, -0.2) is 32.8 Å². The first-order valence-corrected chi connectivity index (χ1v) is 8.97. The van der Waals surface area contributed by atoms with Crippen molar-refractivity contribution in [3.05, 3.63) is 70.0 Å². The van der Waals surface area contributed by atoms with Gasteiger partial charge in [0.25, 0.3) is 0 Å². The summed E-state index contributed by atoms with van der Waals surface area (Å²) in [4.78, 5) is 8.07. The molecule has 2 unspecified atom stereocenters. The lowest BCUT2D eigenvalue weighted by Crippen LogP contribution is -2.24. The summed E-state index contributed by atoms with van der Waals surface area (Å²) < 4.78 is 5.51. The number of nitrogens with zero attached hydrogens (tertiary/aromatic N) is 3. The molecule has 1 saturated heterocycles. The Kier molecular flexibility index (Phi) is 4.42. The predicted octanol–water partition coefficient (Wildman–Crippen LogP) is 3.03.